The molecule has 1 saturated heterocycles. The summed E-state index contributed by atoms with van der Waals surface area (Å²) in [6, 6.07) is 21.5. The second-order valence-electron chi connectivity index (χ2n) is 7.86. The van der Waals surface area contributed by atoms with Crippen LogP contribution in [0.4, 0.5) is 0 Å². The Bertz CT molecular complexity index is 948. The van der Waals surface area contributed by atoms with Crippen molar-refractivity contribution in [2.45, 2.75) is 32.6 Å². The van der Waals surface area contributed by atoms with Crippen molar-refractivity contribution in [2.75, 3.05) is 26.2 Å². The highest BCUT2D eigenvalue weighted by Gasteiger charge is 2.26. The van der Waals surface area contributed by atoms with Crippen molar-refractivity contribution < 1.29 is 9.53 Å². The molecular weight excluding hydrogens is 360 g/mol. The summed E-state index contributed by atoms with van der Waals surface area (Å²) in [4.78, 5) is 14.5. The number of piperidine rings is 1. The maximum Gasteiger partial charge on any atom is 0.310 e. The van der Waals surface area contributed by atoms with E-state index in [9.17, 15) is 4.79 Å². The van der Waals surface area contributed by atoms with Gasteiger partial charge in [-0.15, -0.1) is 0 Å². The predicted molar refractivity (Wildman–Crippen MR) is 117 cm³/mol. The molecule has 0 bridgehead atoms. The van der Waals surface area contributed by atoms with Crippen LogP contribution in [0.3, 0.4) is 0 Å². The number of benzene rings is 2. The Morgan fingerprint density at radius 3 is 2.72 bits per heavy atom. The molecule has 1 aromatic heterocycles. The van der Waals surface area contributed by atoms with E-state index in [0.717, 1.165) is 45.3 Å². The number of likely N-dealkylation sites (tertiary alicyclic amines) is 1. The Hall–Kier alpha value is -2.59. The van der Waals surface area contributed by atoms with Crippen LogP contribution in [0, 0.1) is 5.92 Å². The van der Waals surface area contributed by atoms with Crippen LogP contribution < -0.4 is 0 Å². The minimum Gasteiger partial charge on any atom is -0.466 e. The van der Waals surface area contributed by atoms with Gasteiger partial charge in [-0.3, -0.25) is 4.79 Å². The number of hydrogen-bond donors (Lipinski definition) is 0. The lowest BCUT2D eigenvalue weighted by molar-refractivity contribution is -0.149. The summed E-state index contributed by atoms with van der Waals surface area (Å²) >= 11 is 0. The fourth-order valence-corrected chi connectivity index (χ4v) is 4.47. The fourth-order valence-electron chi connectivity index (χ4n) is 4.47. The molecule has 152 valence electrons. The Kier molecular flexibility index (Phi) is 6.30. The number of esters is 1. The molecule has 1 aliphatic heterocycles. The molecule has 3 aromatic rings. The smallest absolute Gasteiger partial charge is 0.310 e. The lowest BCUT2D eigenvalue weighted by Gasteiger charge is -2.31. The average Bonchev–Trinajstić information content (AvgIpc) is 3.13. The van der Waals surface area contributed by atoms with Crippen LogP contribution in [0.1, 0.15) is 31.9 Å². The first kappa shape index (κ1) is 19.7. The number of ether oxygens (including phenoxy) is 1. The minimum atomic E-state index is -0.0265. The Balaban J connectivity index is 1.44. The molecule has 1 aliphatic rings. The molecular formula is C25H30N2O2. The lowest BCUT2D eigenvalue weighted by Crippen LogP contribution is -2.39. The number of para-hydroxylation sites is 2. The first-order chi connectivity index (χ1) is 14.3. The van der Waals surface area contributed by atoms with Gasteiger partial charge in [0.2, 0.25) is 0 Å². The Labute approximate surface area is 173 Å². The van der Waals surface area contributed by atoms with E-state index >= 15 is 0 Å². The van der Waals surface area contributed by atoms with Crippen LogP contribution >= 0.6 is 0 Å². The highest BCUT2D eigenvalue weighted by atomic mass is 16.5. The van der Waals surface area contributed by atoms with Gasteiger partial charge < -0.3 is 14.2 Å². The zero-order valence-electron chi connectivity index (χ0n) is 17.2. The van der Waals surface area contributed by atoms with Gasteiger partial charge in [0, 0.05) is 23.3 Å². The van der Waals surface area contributed by atoms with Crippen molar-refractivity contribution in [2.24, 2.45) is 5.92 Å². The van der Waals surface area contributed by atoms with Gasteiger partial charge in [0.15, 0.2) is 0 Å². The summed E-state index contributed by atoms with van der Waals surface area (Å²) in [7, 11) is 0. The molecule has 0 spiro atoms. The number of aryl methyl sites for hydroxylation is 1. The largest absolute Gasteiger partial charge is 0.466 e. The van der Waals surface area contributed by atoms with Gasteiger partial charge in [0.05, 0.1) is 18.0 Å². The molecule has 1 atom stereocenters. The quantitative estimate of drug-likeness (QED) is 0.542. The van der Waals surface area contributed by atoms with Gasteiger partial charge in [-0.1, -0.05) is 36.4 Å². The minimum absolute atomic E-state index is 0.0265. The third kappa shape index (κ3) is 4.54. The van der Waals surface area contributed by atoms with E-state index in [1.165, 1.54) is 22.3 Å². The van der Waals surface area contributed by atoms with Crippen LogP contribution in [-0.4, -0.2) is 41.7 Å². The second kappa shape index (κ2) is 9.27. The molecule has 4 rings (SSSR count). The number of hydrogen-bond acceptors (Lipinski definition) is 3. The van der Waals surface area contributed by atoms with Gasteiger partial charge in [-0.2, -0.15) is 0 Å². The predicted octanol–water partition coefficient (Wildman–Crippen LogP) is 4.84. The molecule has 2 aromatic carbocycles. The van der Waals surface area contributed by atoms with Crippen LogP contribution in [-0.2, 0) is 16.0 Å². The third-order valence-corrected chi connectivity index (χ3v) is 5.83. The van der Waals surface area contributed by atoms with E-state index in [-0.39, 0.29) is 11.9 Å². The van der Waals surface area contributed by atoms with Crippen LogP contribution in [0.25, 0.3) is 16.6 Å². The standard InChI is InChI=1S/C25H30N2O2/c1-2-29-25(28)21-11-8-16-26(19-21)17-9-14-23-18-20-10-6-7-15-24(20)27(23)22-12-4-3-5-13-22/h3-7,10,12-13,15,18,21H,2,8-9,11,14,16-17,19H2,1H3. The maximum atomic E-state index is 12.1. The van der Waals surface area contributed by atoms with Gasteiger partial charge in [-0.25, -0.2) is 0 Å². The molecule has 0 N–H and O–H groups in total. The number of carbonyl (C=O) groups is 1. The SMILES string of the molecule is CCOC(=O)C1CCCN(CCCc2cc3ccccc3n2-c2ccccc2)C1. The summed E-state index contributed by atoms with van der Waals surface area (Å²) in [6.07, 6.45) is 4.13. The van der Waals surface area contributed by atoms with Gasteiger partial charge in [0.1, 0.15) is 0 Å². The molecule has 1 fully saturated rings. The molecule has 0 saturated carbocycles. The summed E-state index contributed by atoms with van der Waals surface area (Å²) in [6.45, 7) is 5.29. The van der Waals surface area contributed by atoms with Gasteiger partial charge in [-0.05, 0) is 70.0 Å². The highest BCUT2D eigenvalue weighted by molar-refractivity contribution is 5.83. The monoisotopic (exact) mass is 390 g/mol. The number of aromatic nitrogens is 1. The molecule has 0 radical (unpaired) electrons. The molecule has 2 heterocycles. The molecule has 0 amide bonds. The van der Waals surface area contributed by atoms with E-state index in [1.54, 1.807) is 0 Å². The number of nitrogens with zero attached hydrogens (tertiary/aromatic N) is 2. The van der Waals surface area contributed by atoms with E-state index < -0.39 is 0 Å². The number of rotatable bonds is 7. The molecule has 4 nitrogen and oxygen atoms in total. The topological polar surface area (TPSA) is 34.5 Å². The van der Waals surface area contributed by atoms with E-state index in [0.29, 0.717) is 6.61 Å². The summed E-state index contributed by atoms with van der Waals surface area (Å²) in [5.41, 5.74) is 3.81. The maximum absolute atomic E-state index is 12.1. The van der Waals surface area contributed by atoms with E-state index in [1.807, 2.05) is 6.92 Å². The van der Waals surface area contributed by atoms with Crippen molar-refractivity contribution in [3.63, 3.8) is 0 Å². The average molecular weight is 391 g/mol. The lowest BCUT2D eigenvalue weighted by atomic mass is 9.98. The molecule has 0 aliphatic carbocycles. The molecule has 29 heavy (non-hydrogen) atoms. The summed E-state index contributed by atoms with van der Waals surface area (Å²) in [5, 5.41) is 1.28. The Morgan fingerprint density at radius 1 is 1.10 bits per heavy atom. The molecule has 4 heteroatoms. The van der Waals surface area contributed by atoms with Crippen LogP contribution in [0.5, 0.6) is 0 Å². The van der Waals surface area contributed by atoms with Crippen molar-refractivity contribution in [1.82, 2.24) is 9.47 Å². The zero-order valence-corrected chi connectivity index (χ0v) is 17.2. The van der Waals surface area contributed by atoms with Crippen LogP contribution in [0.2, 0.25) is 0 Å². The first-order valence-corrected chi connectivity index (χ1v) is 10.8. The Morgan fingerprint density at radius 2 is 1.90 bits per heavy atom. The van der Waals surface area contributed by atoms with Crippen molar-refractivity contribution in [3.8, 4) is 5.69 Å². The van der Waals surface area contributed by atoms with Crippen LogP contribution in [0.15, 0.2) is 60.7 Å². The third-order valence-electron chi connectivity index (χ3n) is 5.83. The normalized spacial score (nSPS) is 17.5. The summed E-state index contributed by atoms with van der Waals surface area (Å²) in [5.74, 6) is 0.0147. The number of carbonyl (C=O) groups excluding carboxylic acids is 1. The summed E-state index contributed by atoms with van der Waals surface area (Å²) < 4.78 is 7.61. The fraction of sp³-hybridized carbons (Fsp3) is 0.400. The number of fused-ring (bicyclic) bond motifs is 1. The van der Waals surface area contributed by atoms with Gasteiger partial charge >= 0.3 is 5.97 Å². The van der Waals surface area contributed by atoms with Gasteiger partial charge in [0.25, 0.3) is 0 Å². The second-order valence-corrected chi connectivity index (χ2v) is 7.86. The zero-order chi connectivity index (χ0) is 20.1. The first-order valence-electron chi connectivity index (χ1n) is 10.8. The molecule has 1 unspecified atom stereocenters. The highest BCUT2D eigenvalue weighted by Crippen LogP contribution is 2.26. The van der Waals surface area contributed by atoms with Crippen molar-refractivity contribution >= 4 is 16.9 Å². The van der Waals surface area contributed by atoms with E-state index in [2.05, 4.69) is 70.1 Å². The van der Waals surface area contributed by atoms with E-state index in [4.69, 9.17) is 4.74 Å². The van der Waals surface area contributed by atoms with Crippen molar-refractivity contribution in [3.05, 3.63) is 66.4 Å². The van der Waals surface area contributed by atoms with Crippen molar-refractivity contribution in [1.29, 1.82) is 0 Å².